The number of carbonyl (C=O) groups is 2. The van der Waals surface area contributed by atoms with Gasteiger partial charge in [0.1, 0.15) is 5.84 Å². The topological polar surface area (TPSA) is 116 Å². The molecule has 2 N–H and O–H groups in total. The Balaban J connectivity index is 1.94. The van der Waals surface area contributed by atoms with Crippen molar-refractivity contribution in [3.63, 3.8) is 0 Å². The Kier molecular flexibility index (Phi) is 4.41. The first-order chi connectivity index (χ1) is 9.87. The summed E-state index contributed by atoms with van der Waals surface area (Å²) in [6, 6.07) is 0. The van der Waals surface area contributed by atoms with E-state index in [1.165, 1.54) is 12.2 Å². The van der Waals surface area contributed by atoms with Crippen molar-refractivity contribution in [3.05, 3.63) is 23.9 Å². The number of amides is 1. The number of sulfonamides is 1. The zero-order chi connectivity index (χ0) is 15.5. The van der Waals surface area contributed by atoms with Gasteiger partial charge in [0, 0.05) is 25.7 Å². The second-order valence-electron chi connectivity index (χ2n) is 4.60. The number of aliphatic carboxylic acids is 1. The van der Waals surface area contributed by atoms with Crippen LogP contribution in [0.1, 0.15) is 12.8 Å². The minimum absolute atomic E-state index is 0.00401. The largest absolute Gasteiger partial charge is 0.481 e. The van der Waals surface area contributed by atoms with E-state index in [-0.39, 0.29) is 31.2 Å². The summed E-state index contributed by atoms with van der Waals surface area (Å²) in [7, 11) is -3.41. The third-order valence-electron chi connectivity index (χ3n) is 2.94. The van der Waals surface area contributed by atoms with Gasteiger partial charge in [-0.25, -0.2) is 8.42 Å². The zero-order valence-corrected chi connectivity index (χ0v) is 12.0. The van der Waals surface area contributed by atoms with Crippen LogP contribution in [0.3, 0.4) is 0 Å². The molecule has 0 aromatic heterocycles. The van der Waals surface area contributed by atoms with Gasteiger partial charge in [0.25, 0.3) is 15.9 Å². The number of hydrogen-bond acceptors (Lipinski definition) is 5. The van der Waals surface area contributed by atoms with Crippen molar-refractivity contribution >= 4 is 27.7 Å². The molecule has 0 atom stereocenters. The molecular weight excluding hydrogens is 298 g/mol. The molecule has 2 heterocycles. The van der Waals surface area contributed by atoms with Gasteiger partial charge in [-0.2, -0.15) is 0 Å². The third kappa shape index (κ3) is 4.15. The van der Waals surface area contributed by atoms with E-state index in [0.29, 0.717) is 17.8 Å². The van der Waals surface area contributed by atoms with Gasteiger partial charge in [0.2, 0.25) is 0 Å². The van der Waals surface area contributed by atoms with Gasteiger partial charge < -0.3 is 15.3 Å². The number of amidine groups is 1. The first kappa shape index (κ1) is 15.2. The molecule has 21 heavy (non-hydrogen) atoms. The van der Waals surface area contributed by atoms with Crippen LogP contribution in [-0.4, -0.2) is 55.0 Å². The number of rotatable bonds is 5. The van der Waals surface area contributed by atoms with Crippen molar-refractivity contribution < 1.29 is 23.1 Å². The molecule has 0 unspecified atom stereocenters. The molecule has 9 heteroatoms. The third-order valence-corrected chi connectivity index (χ3v) is 4.10. The Morgan fingerprint density at radius 2 is 2.14 bits per heavy atom. The molecule has 0 radical (unpaired) electrons. The van der Waals surface area contributed by atoms with Gasteiger partial charge >= 0.3 is 5.97 Å². The van der Waals surface area contributed by atoms with Gasteiger partial charge in [-0.05, 0) is 18.6 Å². The fourth-order valence-electron chi connectivity index (χ4n) is 1.88. The molecule has 0 aromatic carbocycles. The van der Waals surface area contributed by atoms with Crippen molar-refractivity contribution in [2.45, 2.75) is 12.8 Å². The fraction of sp³-hybridized carbons (Fsp3) is 0.417. The summed E-state index contributed by atoms with van der Waals surface area (Å²) in [6.07, 6.45) is 4.86. The summed E-state index contributed by atoms with van der Waals surface area (Å²) < 4.78 is 26.3. The maximum absolute atomic E-state index is 11.9. The van der Waals surface area contributed by atoms with E-state index in [4.69, 9.17) is 5.11 Å². The first-order valence-electron chi connectivity index (χ1n) is 6.36. The number of carbonyl (C=O) groups excluding carboxylic acids is 1. The monoisotopic (exact) mass is 313 g/mol. The van der Waals surface area contributed by atoms with Crippen LogP contribution in [0, 0.1) is 0 Å². The lowest BCUT2D eigenvalue weighted by Crippen LogP contribution is -2.38. The molecule has 0 aliphatic carbocycles. The van der Waals surface area contributed by atoms with Crippen LogP contribution in [-0.2, 0) is 19.6 Å². The molecule has 0 aromatic rings. The molecule has 0 spiro atoms. The Hall–Kier alpha value is -2.16. The standard InChI is InChI=1S/C12H15N3O5S/c16-11(17)2-1-5-13-12(18)9-3-4-10-14-21(19,20)7-6-15(10)8-9/h3-4,8H,1-2,5-7H2,(H,13,18)(H,16,17). The second kappa shape index (κ2) is 6.08. The predicted octanol–water partition coefficient (Wildman–Crippen LogP) is -0.535. The zero-order valence-electron chi connectivity index (χ0n) is 11.2. The van der Waals surface area contributed by atoms with Gasteiger partial charge in [-0.1, -0.05) is 0 Å². The molecule has 114 valence electrons. The van der Waals surface area contributed by atoms with Gasteiger partial charge in [0.05, 0.1) is 11.3 Å². The summed E-state index contributed by atoms with van der Waals surface area (Å²) in [4.78, 5) is 23.8. The normalized spacial score (nSPS) is 19.3. The molecule has 2 aliphatic heterocycles. The molecule has 2 aliphatic rings. The Labute approximate surface area is 121 Å². The minimum Gasteiger partial charge on any atom is -0.481 e. The Bertz CT molecular complexity index is 648. The van der Waals surface area contributed by atoms with Crippen LogP contribution in [0.2, 0.25) is 0 Å². The maximum Gasteiger partial charge on any atom is 0.303 e. The smallest absolute Gasteiger partial charge is 0.303 e. The molecule has 0 saturated carbocycles. The average molecular weight is 313 g/mol. The van der Waals surface area contributed by atoms with Crippen molar-refractivity contribution in [2.75, 3.05) is 18.8 Å². The van der Waals surface area contributed by atoms with E-state index in [0.717, 1.165) is 0 Å². The molecule has 2 rings (SSSR count). The number of nitrogens with zero attached hydrogens (tertiary/aromatic N) is 2. The van der Waals surface area contributed by atoms with E-state index in [2.05, 4.69) is 9.71 Å². The lowest BCUT2D eigenvalue weighted by atomic mass is 10.1. The number of nitrogens with one attached hydrogen (secondary N) is 1. The van der Waals surface area contributed by atoms with Crippen molar-refractivity contribution in [1.29, 1.82) is 0 Å². The van der Waals surface area contributed by atoms with E-state index in [1.54, 1.807) is 11.1 Å². The average Bonchev–Trinajstić information content (AvgIpc) is 2.41. The molecule has 0 fully saturated rings. The van der Waals surface area contributed by atoms with E-state index in [1.807, 2.05) is 0 Å². The summed E-state index contributed by atoms with van der Waals surface area (Å²) in [5.74, 6) is -1.03. The second-order valence-corrected chi connectivity index (χ2v) is 6.35. The fourth-order valence-corrected chi connectivity index (χ4v) is 2.85. The highest BCUT2D eigenvalue weighted by Gasteiger charge is 2.24. The highest BCUT2D eigenvalue weighted by Crippen LogP contribution is 2.15. The summed E-state index contributed by atoms with van der Waals surface area (Å²) in [5.41, 5.74) is 0.378. The number of fused-ring (bicyclic) bond motifs is 1. The molecule has 0 bridgehead atoms. The van der Waals surface area contributed by atoms with Crippen molar-refractivity contribution in [1.82, 2.24) is 10.2 Å². The van der Waals surface area contributed by atoms with Gasteiger partial charge in [-0.15, -0.1) is 4.40 Å². The lowest BCUT2D eigenvalue weighted by Gasteiger charge is -2.26. The van der Waals surface area contributed by atoms with E-state index in [9.17, 15) is 18.0 Å². The molecule has 1 amide bonds. The van der Waals surface area contributed by atoms with E-state index < -0.39 is 16.0 Å². The van der Waals surface area contributed by atoms with Crippen LogP contribution < -0.4 is 5.32 Å². The predicted molar refractivity (Wildman–Crippen MR) is 75.0 cm³/mol. The number of hydrogen-bond donors (Lipinski definition) is 2. The Morgan fingerprint density at radius 1 is 1.38 bits per heavy atom. The van der Waals surface area contributed by atoms with E-state index >= 15 is 0 Å². The van der Waals surface area contributed by atoms with Crippen molar-refractivity contribution in [2.24, 2.45) is 4.40 Å². The molecular formula is C12H15N3O5S. The minimum atomic E-state index is -3.41. The molecule has 0 saturated heterocycles. The lowest BCUT2D eigenvalue weighted by molar-refractivity contribution is -0.137. The highest BCUT2D eigenvalue weighted by molar-refractivity contribution is 7.90. The van der Waals surface area contributed by atoms with Crippen LogP contribution in [0.15, 0.2) is 28.3 Å². The SMILES string of the molecule is O=C(O)CCCNC(=O)C1=CN2CCS(=O)(=O)N=C2C=C1. The summed E-state index contributed by atoms with van der Waals surface area (Å²) in [6.45, 7) is 0.521. The first-order valence-corrected chi connectivity index (χ1v) is 7.97. The van der Waals surface area contributed by atoms with Gasteiger partial charge in [-0.3, -0.25) is 9.59 Å². The van der Waals surface area contributed by atoms with Crippen LogP contribution >= 0.6 is 0 Å². The quantitative estimate of drug-likeness (QED) is 0.659. The van der Waals surface area contributed by atoms with Crippen molar-refractivity contribution in [3.8, 4) is 0 Å². The number of carboxylic acids is 1. The van der Waals surface area contributed by atoms with Gasteiger partial charge in [0.15, 0.2) is 0 Å². The van der Waals surface area contributed by atoms with Crippen LogP contribution in [0.5, 0.6) is 0 Å². The summed E-state index contributed by atoms with van der Waals surface area (Å²) >= 11 is 0. The van der Waals surface area contributed by atoms with Crippen LogP contribution in [0.4, 0.5) is 0 Å². The summed E-state index contributed by atoms with van der Waals surface area (Å²) in [5, 5.41) is 11.1. The Morgan fingerprint density at radius 3 is 2.86 bits per heavy atom. The number of carboxylic acid groups (broad SMARTS) is 1. The molecule has 8 nitrogen and oxygen atoms in total. The maximum atomic E-state index is 11.9. The van der Waals surface area contributed by atoms with Crippen LogP contribution in [0.25, 0.3) is 0 Å². The highest BCUT2D eigenvalue weighted by atomic mass is 32.2.